The van der Waals surface area contributed by atoms with E-state index in [2.05, 4.69) is 4.98 Å². The topological polar surface area (TPSA) is 57.4 Å². The molecule has 0 spiro atoms. The predicted molar refractivity (Wildman–Crippen MR) is 50.2 cm³/mol. The van der Waals surface area contributed by atoms with Crippen molar-refractivity contribution in [2.75, 3.05) is 20.8 Å². The Morgan fingerprint density at radius 3 is 2.71 bits per heavy atom. The maximum absolute atomic E-state index is 13.3. The van der Waals surface area contributed by atoms with Gasteiger partial charge in [0.25, 0.3) is 0 Å². The molecular formula is C9H13FN2O2. The average Bonchev–Trinajstić information content (AvgIpc) is 2.27. The fraction of sp³-hybridized carbons (Fsp3) is 0.444. The van der Waals surface area contributed by atoms with E-state index in [4.69, 9.17) is 15.2 Å². The van der Waals surface area contributed by atoms with Crippen LogP contribution in [-0.2, 0) is 0 Å². The SMILES string of the molecule is COc1cc(C(F)CN)c(OC)cn1. The van der Waals surface area contributed by atoms with Gasteiger partial charge < -0.3 is 15.2 Å². The van der Waals surface area contributed by atoms with Gasteiger partial charge in [0, 0.05) is 18.2 Å². The van der Waals surface area contributed by atoms with Crippen molar-refractivity contribution in [3.63, 3.8) is 0 Å². The molecule has 4 nitrogen and oxygen atoms in total. The molecule has 0 saturated heterocycles. The minimum atomic E-state index is -1.26. The quantitative estimate of drug-likeness (QED) is 0.789. The van der Waals surface area contributed by atoms with Gasteiger partial charge in [0.2, 0.25) is 5.88 Å². The molecule has 0 aliphatic carbocycles. The van der Waals surface area contributed by atoms with Crippen molar-refractivity contribution in [1.82, 2.24) is 4.98 Å². The monoisotopic (exact) mass is 200 g/mol. The average molecular weight is 200 g/mol. The molecule has 2 N–H and O–H groups in total. The maximum atomic E-state index is 13.3. The van der Waals surface area contributed by atoms with Crippen LogP contribution in [0.15, 0.2) is 12.3 Å². The van der Waals surface area contributed by atoms with Crippen LogP contribution < -0.4 is 15.2 Å². The third-order valence-electron chi connectivity index (χ3n) is 1.85. The number of halogens is 1. The third kappa shape index (κ3) is 2.11. The van der Waals surface area contributed by atoms with E-state index in [1.54, 1.807) is 0 Å². The minimum absolute atomic E-state index is 0.0937. The zero-order chi connectivity index (χ0) is 10.6. The Kier molecular flexibility index (Phi) is 3.64. The summed E-state index contributed by atoms with van der Waals surface area (Å²) in [6, 6.07) is 1.48. The number of rotatable bonds is 4. The molecule has 0 aliphatic rings. The van der Waals surface area contributed by atoms with E-state index in [1.165, 1.54) is 26.5 Å². The molecule has 1 aromatic heterocycles. The fourth-order valence-corrected chi connectivity index (χ4v) is 1.09. The van der Waals surface area contributed by atoms with Gasteiger partial charge in [-0.1, -0.05) is 0 Å². The second-order valence-electron chi connectivity index (χ2n) is 2.67. The number of pyridine rings is 1. The van der Waals surface area contributed by atoms with Gasteiger partial charge in [0.1, 0.15) is 11.9 Å². The van der Waals surface area contributed by atoms with E-state index in [-0.39, 0.29) is 6.54 Å². The third-order valence-corrected chi connectivity index (χ3v) is 1.85. The normalized spacial score (nSPS) is 12.3. The summed E-state index contributed by atoms with van der Waals surface area (Å²) in [5.41, 5.74) is 5.59. The number of alkyl halides is 1. The zero-order valence-corrected chi connectivity index (χ0v) is 8.16. The summed E-state index contributed by atoms with van der Waals surface area (Å²) in [6.45, 7) is -0.0937. The molecule has 1 aromatic rings. The molecule has 1 rings (SSSR count). The highest BCUT2D eigenvalue weighted by Crippen LogP contribution is 2.28. The van der Waals surface area contributed by atoms with E-state index in [1.807, 2.05) is 0 Å². The van der Waals surface area contributed by atoms with E-state index < -0.39 is 6.17 Å². The highest BCUT2D eigenvalue weighted by molar-refractivity contribution is 5.36. The standard InChI is InChI=1S/C9H13FN2O2/c1-13-8-5-12-9(14-2)3-6(8)7(10)4-11/h3,5,7H,4,11H2,1-2H3. The number of nitrogens with two attached hydrogens (primary N) is 1. The highest BCUT2D eigenvalue weighted by Gasteiger charge is 2.15. The minimum Gasteiger partial charge on any atom is -0.495 e. The molecule has 1 unspecified atom stereocenters. The summed E-state index contributed by atoms with van der Waals surface area (Å²) in [7, 11) is 2.92. The first kappa shape index (κ1) is 10.7. The number of hydrogen-bond donors (Lipinski definition) is 1. The van der Waals surface area contributed by atoms with Crippen molar-refractivity contribution in [2.45, 2.75) is 6.17 Å². The first-order valence-electron chi connectivity index (χ1n) is 4.15. The van der Waals surface area contributed by atoms with E-state index in [0.717, 1.165) is 0 Å². The van der Waals surface area contributed by atoms with Crippen molar-refractivity contribution >= 4 is 0 Å². The van der Waals surface area contributed by atoms with Gasteiger partial charge in [-0.15, -0.1) is 0 Å². The summed E-state index contributed by atoms with van der Waals surface area (Å²) in [6.07, 6.45) is 0.151. The molecule has 14 heavy (non-hydrogen) atoms. The molecule has 0 radical (unpaired) electrons. The largest absolute Gasteiger partial charge is 0.495 e. The van der Waals surface area contributed by atoms with E-state index >= 15 is 0 Å². The molecule has 5 heteroatoms. The summed E-state index contributed by atoms with van der Waals surface area (Å²) in [4.78, 5) is 3.89. The van der Waals surface area contributed by atoms with Gasteiger partial charge in [0.05, 0.1) is 20.4 Å². The van der Waals surface area contributed by atoms with Gasteiger partial charge in [-0.3, -0.25) is 0 Å². The van der Waals surface area contributed by atoms with Crippen LogP contribution in [0.3, 0.4) is 0 Å². The van der Waals surface area contributed by atoms with Gasteiger partial charge in [0.15, 0.2) is 0 Å². The predicted octanol–water partition coefficient (Wildman–Crippen LogP) is 1.07. The van der Waals surface area contributed by atoms with Crippen molar-refractivity contribution in [3.8, 4) is 11.6 Å². The van der Waals surface area contributed by atoms with Crippen LogP contribution in [0, 0.1) is 0 Å². The second kappa shape index (κ2) is 4.76. The summed E-state index contributed by atoms with van der Waals surface area (Å²) in [5, 5.41) is 0. The number of nitrogens with zero attached hydrogens (tertiary/aromatic N) is 1. The maximum Gasteiger partial charge on any atom is 0.213 e. The lowest BCUT2D eigenvalue weighted by Crippen LogP contribution is -2.09. The van der Waals surface area contributed by atoms with Crippen LogP contribution >= 0.6 is 0 Å². The molecule has 1 heterocycles. The Balaban J connectivity index is 3.08. The number of ether oxygens (including phenoxy) is 2. The molecule has 0 aromatic carbocycles. The molecule has 78 valence electrons. The van der Waals surface area contributed by atoms with Crippen LogP contribution in [-0.4, -0.2) is 25.7 Å². The molecular weight excluding hydrogens is 187 g/mol. The van der Waals surface area contributed by atoms with E-state index in [0.29, 0.717) is 17.2 Å². The van der Waals surface area contributed by atoms with Crippen LogP contribution in [0.2, 0.25) is 0 Å². The summed E-state index contributed by atoms with van der Waals surface area (Å²) < 4.78 is 23.2. The van der Waals surface area contributed by atoms with E-state index in [9.17, 15) is 4.39 Å². The zero-order valence-electron chi connectivity index (χ0n) is 8.16. The van der Waals surface area contributed by atoms with Gasteiger partial charge in [-0.25, -0.2) is 9.37 Å². The van der Waals surface area contributed by atoms with Crippen LogP contribution in [0.1, 0.15) is 11.7 Å². The number of aromatic nitrogens is 1. The number of methoxy groups -OCH3 is 2. The van der Waals surface area contributed by atoms with Gasteiger partial charge in [-0.05, 0) is 0 Å². The lowest BCUT2D eigenvalue weighted by atomic mass is 10.1. The lowest BCUT2D eigenvalue weighted by Gasteiger charge is -2.11. The highest BCUT2D eigenvalue weighted by atomic mass is 19.1. The Hall–Kier alpha value is -1.36. The Morgan fingerprint density at radius 2 is 2.21 bits per heavy atom. The van der Waals surface area contributed by atoms with Crippen molar-refractivity contribution in [1.29, 1.82) is 0 Å². The van der Waals surface area contributed by atoms with Gasteiger partial charge >= 0.3 is 0 Å². The lowest BCUT2D eigenvalue weighted by molar-refractivity contribution is 0.325. The summed E-state index contributed by atoms with van der Waals surface area (Å²) >= 11 is 0. The van der Waals surface area contributed by atoms with Crippen molar-refractivity contribution in [3.05, 3.63) is 17.8 Å². The molecule has 0 amide bonds. The molecule has 1 atom stereocenters. The first-order valence-corrected chi connectivity index (χ1v) is 4.15. The Labute approximate surface area is 81.8 Å². The second-order valence-corrected chi connectivity index (χ2v) is 2.67. The Morgan fingerprint density at radius 1 is 1.50 bits per heavy atom. The summed E-state index contributed by atoms with van der Waals surface area (Å²) in [5.74, 6) is 0.723. The van der Waals surface area contributed by atoms with Crippen molar-refractivity contribution in [2.24, 2.45) is 5.73 Å². The van der Waals surface area contributed by atoms with Gasteiger partial charge in [-0.2, -0.15) is 0 Å². The molecule has 0 fully saturated rings. The number of hydrogen-bond acceptors (Lipinski definition) is 4. The van der Waals surface area contributed by atoms with Crippen LogP contribution in [0.4, 0.5) is 4.39 Å². The Bertz CT molecular complexity index is 307. The molecule has 0 aliphatic heterocycles. The smallest absolute Gasteiger partial charge is 0.213 e. The molecule has 0 saturated carbocycles. The van der Waals surface area contributed by atoms with Crippen LogP contribution in [0.25, 0.3) is 0 Å². The van der Waals surface area contributed by atoms with Crippen molar-refractivity contribution < 1.29 is 13.9 Å². The van der Waals surface area contributed by atoms with Crippen LogP contribution in [0.5, 0.6) is 11.6 Å². The first-order chi connectivity index (χ1) is 6.72. The molecule has 0 bridgehead atoms. The fourth-order valence-electron chi connectivity index (χ4n) is 1.09.